The van der Waals surface area contributed by atoms with E-state index in [0.29, 0.717) is 18.9 Å². The number of nitrogens with zero attached hydrogens (tertiary/aromatic N) is 2. The molecule has 9 heteroatoms. The molecule has 25 heavy (non-hydrogen) atoms. The Labute approximate surface area is 150 Å². The number of alkyl halides is 3. The fourth-order valence-electron chi connectivity index (χ4n) is 3.20. The van der Waals surface area contributed by atoms with Gasteiger partial charge in [0.15, 0.2) is 0 Å². The summed E-state index contributed by atoms with van der Waals surface area (Å²) in [5.41, 5.74) is -0.738. The van der Waals surface area contributed by atoms with Crippen LogP contribution in [0.25, 0.3) is 0 Å². The Kier molecular flexibility index (Phi) is 6.51. The van der Waals surface area contributed by atoms with Gasteiger partial charge in [0.2, 0.25) is 5.91 Å². The Balaban J connectivity index is 0.00000225. The number of rotatable bonds is 3. The summed E-state index contributed by atoms with van der Waals surface area (Å²) in [6, 6.07) is 2.50. The van der Waals surface area contributed by atoms with E-state index in [0.717, 1.165) is 44.5 Å². The Hall–Kier alpha value is -1.54. The van der Waals surface area contributed by atoms with Crippen LogP contribution in [0.1, 0.15) is 31.2 Å². The number of anilines is 1. The van der Waals surface area contributed by atoms with Gasteiger partial charge in [-0.05, 0) is 44.4 Å². The first-order valence-corrected chi connectivity index (χ1v) is 8.25. The average molecular weight is 379 g/mol. The molecule has 0 radical (unpaired) electrons. The molecule has 0 aliphatic carbocycles. The number of halogens is 4. The van der Waals surface area contributed by atoms with E-state index in [4.69, 9.17) is 0 Å². The number of carbonyl (C=O) groups excluding carboxylic acids is 1. The molecule has 2 N–H and O–H groups in total. The minimum atomic E-state index is -4.36. The van der Waals surface area contributed by atoms with E-state index < -0.39 is 11.7 Å². The molecule has 0 saturated carbocycles. The first kappa shape index (κ1) is 19.8. The molecule has 2 aliphatic rings. The highest BCUT2D eigenvalue weighted by Gasteiger charge is 2.31. The lowest BCUT2D eigenvalue weighted by atomic mass is 10.0. The zero-order valence-electron chi connectivity index (χ0n) is 13.7. The maximum absolute atomic E-state index is 12.6. The van der Waals surface area contributed by atoms with Crippen LogP contribution in [0, 0.1) is 0 Å². The maximum atomic E-state index is 12.6. The fourth-order valence-corrected chi connectivity index (χ4v) is 3.20. The summed E-state index contributed by atoms with van der Waals surface area (Å²) in [6.45, 7) is 2.22. The van der Waals surface area contributed by atoms with Crippen molar-refractivity contribution < 1.29 is 18.0 Å². The number of aromatic nitrogens is 1. The predicted molar refractivity (Wildman–Crippen MR) is 90.9 cm³/mol. The molecule has 3 rings (SSSR count). The second-order valence-electron chi connectivity index (χ2n) is 6.32. The van der Waals surface area contributed by atoms with Crippen molar-refractivity contribution in [1.29, 1.82) is 0 Å². The minimum absolute atomic E-state index is 0. The number of hydrogen-bond donors (Lipinski definition) is 2. The maximum Gasteiger partial charge on any atom is 0.417 e. The highest BCUT2D eigenvalue weighted by atomic mass is 35.5. The second kappa shape index (κ2) is 8.23. The lowest BCUT2D eigenvalue weighted by molar-refractivity contribution is -0.137. The van der Waals surface area contributed by atoms with E-state index in [1.54, 1.807) is 0 Å². The highest BCUT2D eigenvalue weighted by molar-refractivity contribution is 5.85. The molecular weight excluding hydrogens is 357 g/mol. The van der Waals surface area contributed by atoms with Gasteiger partial charge in [0.1, 0.15) is 5.82 Å². The summed E-state index contributed by atoms with van der Waals surface area (Å²) in [5.74, 6) is 0.601. The van der Waals surface area contributed by atoms with Gasteiger partial charge >= 0.3 is 6.18 Å². The molecular formula is C16H22ClF3N4O. The number of piperidine rings is 1. The van der Waals surface area contributed by atoms with Crippen molar-refractivity contribution in [3.05, 3.63) is 23.9 Å². The molecule has 0 spiro atoms. The minimum Gasteiger partial charge on any atom is -0.356 e. The second-order valence-corrected chi connectivity index (χ2v) is 6.32. The van der Waals surface area contributed by atoms with Crippen molar-refractivity contribution in [2.24, 2.45) is 0 Å². The van der Waals surface area contributed by atoms with Crippen LogP contribution in [-0.2, 0) is 11.0 Å². The van der Waals surface area contributed by atoms with Crippen LogP contribution in [0.15, 0.2) is 18.3 Å². The van der Waals surface area contributed by atoms with Crippen LogP contribution in [0.4, 0.5) is 19.0 Å². The van der Waals surface area contributed by atoms with E-state index in [1.165, 1.54) is 6.07 Å². The lowest BCUT2D eigenvalue weighted by Crippen LogP contribution is -2.49. The van der Waals surface area contributed by atoms with Gasteiger partial charge in [-0.15, -0.1) is 12.4 Å². The zero-order valence-corrected chi connectivity index (χ0v) is 14.5. The van der Waals surface area contributed by atoms with Gasteiger partial charge in [-0.25, -0.2) is 4.98 Å². The number of pyridine rings is 1. The van der Waals surface area contributed by atoms with E-state index in [-0.39, 0.29) is 30.4 Å². The molecule has 140 valence electrons. The molecule has 2 aliphatic heterocycles. The molecule has 2 saturated heterocycles. The molecule has 0 aromatic carbocycles. The molecule has 1 aromatic heterocycles. The monoisotopic (exact) mass is 378 g/mol. The Bertz CT molecular complexity index is 568. The Morgan fingerprint density at radius 2 is 1.96 bits per heavy atom. The standard InChI is InChI=1S/C16H21F3N4O.ClH/c17-16(18,19)11-3-4-14(21-10-11)23-8-5-12(6-9-23)22-15(24)13-2-1-7-20-13;/h3-4,10,12-13,20H,1-2,5-9H2,(H,22,24);1H. The first-order valence-electron chi connectivity index (χ1n) is 8.25. The third-order valence-electron chi connectivity index (χ3n) is 4.62. The van der Waals surface area contributed by atoms with Crippen LogP contribution in [-0.4, -0.2) is 42.6 Å². The molecule has 2 fully saturated rings. The van der Waals surface area contributed by atoms with Crippen molar-refractivity contribution >= 4 is 24.1 Å². The quantitative estimate of drug-likeness (QED) is 0.847. The Morgan fingerprint density at radius 1 is 1.24 bits per heavy atom. The summed E-state index contributed by atoms with van der Waals surface area (Å²) < 4.78 is 37.7. The summed E-state index contributed by atoms with van der Waals surface area (Å²) in [4.78, 5) is 18.0. The number of hydrogen-bond acceptors (Lipinski definition) is 4. The topological polar surface area (TPSA) is 57.3 Å². The lowest BCUT2D eigenvalue weighted by Gasteiger charge is -2.33. The largest absolute Gasteiger partial charge is 0.417 e. The van der Waals surface area contributed by atoms with Crippen molar-refractivity contribution in [1.82, 2.24) is 15.6 Å². The third kappa shape index (κ3) is 4.98. The van der Waals surface area contributed by atoms with Gasteiger partial charge in [0.25, 0.3) is 0 Å². The smallest absolute Gasteiger partial charge is 0.356 e. The van der Waals surface area contributed by atoms with E-state index in [2.05, 4.69) is 15.6 Å². The molecule has 0 bridgehead atoms. The number of nitrogens with one attached hydrogen (secondary N) is 2. The summed E-state index contributed by atoms with van der Waals surface area (Å²) in [6.07, 6.45) is -0.0648. The summed E-state index contributed by atoms with van der Waals surface area (Å²) in [5, 5.41) is 6.24. The fraction of sp³-hybridized carbons (Fsp3) is 0.625. The number of carbonyl (C=O) groups is 1. The van der Waals surface area contributed by atoms with Gasteiger partial charge in [-0.1, -0.05) is 0 Å². The SMILES string of the molecule is Cl.O=C(NC1CCN(c2ccc(C(F)(F)F)cn2)CC1)C1CCCN1. The van der Waals surface area contributed by atoms with E-state index in [1.807, 2.05) is 4.90 Å². The van der Waals surface area contributed by atoms with Gasteiger partial charge in [-0.3, -0.25) is 4.79 Å². The van der Waals surface area contributed by atoms with E-state index in [9.17, 15) is 18.0 Å². The van der Waals surface area contributed by atoms with Gasteiger partial charge < -0.3 is 15.5 Å². The van der Waals surface area contributed by atoms with Crippen molar-refractivity contribution in [3.63, 3.8) is 0 Å². The summed E-state index contributed by atoms with van der Waals surface area (Å²) in [7, 11) is 0. The van der Waals surface area contributed by atoms with Crippen LogP contribution in [0.2, 0.25) is 0 Å². The van der Waals surface area contributed by atoms with Gasteiger partial charge in [-0.2, -0.15) is 13.2 Å². The molecule has 1 unspecified atom stereocenters. The highest BCUT2D eigenvalue weighted by Crippen LogP contribution is 2.29. The van der Waals surface area contributed by atoms with Gasteiger partial charge in [0.05, 0.1) is 11.6 Å². The van der Waals surface area contributed by atoms with Crippen LogP contribution < -0.4 is 15.5 Å². The molecule has 5 nitrogen and oxygen atoms in total. The summed E-state index contributed by atoms with van der Waals surface area (Å²) >= 11 is 0. The van der Waals surface area contributed by atoms with Crippen molar-refractivity contribution in [2.75, 3.05) is 24.5 Å². The number of amides is 1. The normalized spacial score (nSPS) is 21.7. The zero-order chi connectivity index (χ0) is 17.2. The molecule has 1 aromatic rings. The van der Waals surface area contributed by atoms with Crippen molar-refractivity contribution in [2.45, 2.75) is 43.9 Å². The molecule has 1 atom stereocenters. The van der Waals surface area contributed by atoms with E-state index >= 15 is 0 Å². The van der Waals surface area contributed by atoms with Gasteiger partial charge in [0, 0.05) is 25.3 Å². The molecule has 1 amide bonds. The average Bonchev–Trinajstić information content (AvgIpc) is 3.09. The first-order chi connectivity index (χ1) is 11.4. The molecule has 3 heterocycles. The van der Waals surface area contributed by atoms with Crippen molar-refractivity contribution in [3.8, 4) is 0 Å². The van der Waals surface area contributed by atoms with Crippen LogP contribution >= 0.6 is 12.4 Å². The Morgan fingerprint density at radius 3 is 2.48 bits per heavy atom. The van der Waals surface area contributed by atoms with Crippen LogP contribution in [0.3, 0.4) is 0 Å². The predicted octanol–water partition coefficient (Wildman–Crippen LogP) is 2.36. The van der Waals surface area contributed by atoms with Crippen LogP contribution in [0.5, 0.6) is 0 Å². The third-order valence-corrected chi connectivity index (χ3v) is 4.62.